The largest absolute Gasteiger partial charge is 0.374 e. The zero-order valence-electron chi connectivity index (χ0n) is 17.9. The number of carbonyl (C=O) groups is 1. The van der Waals surface area contributed by atoms with Crippen LogP contribution in [-0.4, -0.2) is 50.1 Å². The van der Waals surface area contributed by atoms with Crippen molar-refractivity contribution in [1.82, 2.24) is 15.5 Å². The summed E-state index contributed by atoms with van der Waals surface area (Å²) in [6.07, 6.45) is 2.42. The Morgan fingerprint density at radius 3 is 2.83 bits per heavy atom. The first kappa shape index (κ1) is 22.3. The van der Waals surface area contributed by atoms with E-state index in [-0.39, 0.29) is 12.0 Å². The van der Waals surface area contributed by atoms with Crippen molar-refractivity contribution in [3.63, 3.8) is 0 Å². The van der Waals surface area contributed by atoms with Crippen molar-refractivity contribution in [3.05, 3.63) is 57.8 Å². The smallest absolute Gasteiger partial charge is 0.224 e. The Kier molecular flexibility index (Phi) is 8.71. The Hall–Kier alpha value is -2.38. The third-order valence-electron chi connectivity index (χ3n) is 5.27. The molecule has 6 nitrogen and oxygen atoms in total. The van der Waals surface area contributed by atoms with Crippen molar-refractivity contribution < 1.29 is 9.53 Å². The Labute approximate surface area is 183 Å². The van der Waals surface area contributed by atoms with E-state index >= 15 is 0 Å². The van der Waals surface area contributed by atoms with Gasteiger partial charge >= 0.3 is 0 Å². The summed E-state index contributed by atoms with van der Waals surface area (Å²) >= 11 is 1.79. The van der Waals surface area contributed by atoms with Gasteiger partial charge in [-0.05, 0) is 42.3 Å². The van der Waals surface area contributed by atoms with Crippen LogP contribution in [0.15, 0.2) is 46.8 Å². The van der Waals surface area contributed by atoms with Gasteiger partial charge in [-0.3, -0.25) is 9.79 Å². The second-order valence-electron chi connectivity index (χ2n) is 7.39. The average Bonchev–Trinajstić information content (AvgIpc) is 3.26. The molecule has 1 aromatic carbocycles. The molecule has 0 bridgehead atoms. The van der Waals surface area contributed by atoms with Gasteiger partial charge in [-0.2, -0.15) is 0 Å². The van der Waals surface area contributed by atoms with Gasteiger partial charge in [0.15, 0.2) is 5.96 Å². The lowest BCUT2D eigenvalue weighted by atomic mass is 10.1. The molecule has 7 heteroatoms. The van der Waals surface area contributed by atoms with E-state index in [1.807, 2.05) is 23.1 Å². The fraction of sp³-hybridized carbons (Fsp3) is 0.478. The van der Waals surface area contributed by atoms with Crippen molar-refractivity contribution in [2.45, 2.75) is 38.8 Å². The Bertz CT molecular complexity index is 822. The quantitative estimate of drug-likeness (QED) is 0.365. The Morgan fingerprint density at radius 1 is 1.23 bits per heavy atom. The van der Waals surface area contributed by atoms with Gasteiger partial charge in [-0.15, -0.1) is 11.3 Å². The Morgan fingerprint density at radius 2 is 2.03 bits per heavy atom. The van der Waals surface area contributed by atoms with Gasteiger partial charge in [-0.1, -0.05) is 30.3 Å². The highest BCUT2D eigenvalue weighted by Gasteiger charge is 2.20. The summed E-state index contributed by atoms with van der Waals surface area (Å²) in [5, 5.41) is 8.63. The number of fused-ring (bicyclic) bond motifs is 1. The third kappa shape index (κ3) is 6.57. The zero-order valence-corrected chi connectivity index (χ0v) is 18.7. The number of benzene rings is 1. The second kappa shape index (κ2) is 11.7. The molecule has 0 saturated carbocycles. The first-order valence-electron chi connectivity index (χ1n) is 10.6. The number of nitrogens with zero attached hydrogens (tertiary/aromatic N) is 2. The summed E-state index contributed by atoms with van der Waals surface area (Å²) < 4.78 is 5.89. The summed E-state index contributed by atoms with van der Waals surface area (Å²) in [6, 6.07) is 12.4. The van der Waals surface area contributed by atoms with E-state index in [0.717, 1.165) is 38.4 Å². The summed E-state index contributed by atoms with van der Waals surface area (Å²) in [5.74, 6) is 0.913. The van der Waals surface area contributed by atoms with Crippen molar-refractivity contribution in [2.75, 3.05) is 33.3 Å². The van der Waals surface area contributed by atoms with Gasteiger partial charge in [0.05, 0.1) is 6.10 Å². The minimum atomic E-state index is 0.0922. The molecule has 1 amide bonds. The van der Waals surface area contributed by atoms with Gasteiger partial charge in [0.1, 0.15) is 0 Å². The molecule has 0 saturated heterocycles. The molecule has 162 valence electrons. The number of ether oxygens (including phenoxy) is 1. The molecule has 1 atom stereocenters. The number of thiophene rings is 1. The predicted octanol–water partition coefficient (Wildman–Crippen LogP) is 3.36. The van der Waals surface area contributed by atoms with Gasteiger partial charge in [0, 0.05) is 51.1 Å². The molecule has 2 aromatic rings. The van der Waals surface area contributed by atoms with Crippen molar-refractivity contribution in [2.24, 2.45) is 4.99 Å². The summed E-state index contributed by atoms with van der Waals surface area (Å²) in [6.45, 7) is 5.65. The number of rotatable bonds is 9. The maximum absolute atomic E-state index is 12.5. The van der Waals surface area contributed by atoms with E-state index in [0.29, 0.717) is 19.6 Å². The zero-order chi connectivity index (χ0) is 21.2. The predicted molar refractivity (Wildman–Crippen MR) is 123 cm³/mol. The molecule has 1 aliphatic heterocycles. The molecule has 2 heterocycles. The van der Waals surface area contributed by atoms with Crippen molar-refractivity contribution in [3.8, 4) is 0 Å². The normalized spacial score (nSPS) is 14.9. The van der Waals surface area contributed by atoms with Crippen LogP contribution >= 0.6 is 11.3 Å². The van der Waals surface area contributed by atoms with E-state index in [2.05, 4.69) is 46.1 Å². The van der Waals surface area contributed by atoms with Gasteiger partial charge in [-0.25, -0.2) is 0 Å². The summed E-state index contributed by atoms with van der Waals surface area (Å²) in [4.78, 5) is 20.1. The van der Waals surface area contributed by atoms with E-state index < -0.39 is 0 Å². The molecule has 0 aliphatic carbocycles. The standard InChI is InChI=1S/C23H32N4O2S/c1-18(19-7-4-3-5-8-19)29-15-6-12-25-23(24-2)26-13-9-22(28)27-14-10-21-20(17-27)11-16-30-21/h3-5,7-8,11,16,18H,6,9-10,12-15,17H2,1-2H3,(H2,24,25,26). The maximum atomic E-state index is 12.5. The molecule has 1 aromatic heterocycles. The maximum Gasteiger partial charge on any atom is 0.224 e. The van der Waals surface area contributed by atoms with Gasteiger partial charge < -0.3 is 20.3 Å². The van der Waals surface area contributed by atoms with Crippen LogP contribution in [0.2, 0.25) is 0 Å². The van der Waals surface area contributed by atoms with Crippen LogP contribution in [-0.2, 0) is 22.5 Å². The summed E-state index contributed by atoms with van der Waals surface area (Å²) in [5.41, 5.74) is 2.49. The van der Waals surface area contributed by atoms with Crippen LogP contribution in [0.3, 0.4) is 0 Å². The highest BCUT2D eigenvalue weighted by atomic mass is 32.1. The molecule has 1 unspecified atom stereocenters. The first-order valence-corrected chi connectivity index (χ1v) is 11.5. The molecule has 1 aliphatic rings. The number of aliphatic imine (C=N–C) groups is 1. The second-order valence-corrected chi connectivity index (χ2v) is 8.39. The molecular formula is C23H32N4O2S. The number of nitrogens with one attached hydrogen (secondary N) is 2. The van der Waals surface area contributed by atoms with Crippen LogP contribution in [0.5, 0.6) is 0 Å². The van der Waals surface area contributed by atoms with Crippen molar-refractivity contribution in [1.29, 1.82) is 0 Å². The van der Waals surface area contributed by atoms with Crippen LogP contribution in [0.25, 0.3) is 0 Å². The highest BCUT2D eigenvalue weighted by molar-refractivity contribution is 7.10. The van der Waals surface area contributed by atoms with Gasteiger partial charge in [0.25, 0.3) is 0 Å². The fourth-order valence-electron chi connectivity index (χ4n) is 3.49. The topological polar surface area (TPSA) is 66.0 Å². The number of hydrogen-bond acceptors (Lipinski definition) is 4. The van der Waals surface area contributed by atoms with Crippen LogP contribution in [0.1, 0.15) is 41.9 Å². The molecule has 30 heavy (non-hydrogen) atoms. The molecule has 3 rings (SSSR count). The SMILES string of the molecule is CN=C(NCCCOC(C)c1ccccc1)NCCC(=O)N1CCc2sccc2C1. The number of guanidine groups is 1. The first-order chi connectivity index (χ1) is 14.7. The van der Waals surface area contributed by atoms with Crippen LogP contribution < -0.4 is 10.6 Å². The molecule has 0 radical (unpaired) electrons. The fourth-order valence-corrected chi connectivity index (χ4v) is 4.38. The number of amides is 1. The lowest BCUT2D eigenvalue weighted by molar-refractivity contribution is -0.131. The molecule has 0 fully saturated rings. The van der Waals surface area contributed by atoms with Crippen LogP contribution in [0.4, 0.5) is 0 Å². The molecule has 0 spiro atoms. The van der Waals surface area contributed by atoms with E-state index in [1.54, 1.807) is 18.4 Å². The van der Waals surface area contributed by atoms with Gasteiger partial charge in [0.2, 0.25) is 5.91 Å². The monoisotopic (exact) mass is 428 g/mol. The molecular weight excluding hydrogens is 396 g/mol. The van der Waals surface area contributed by atoms with E-state index in [4.69, 9.17) is 4.74 Å². The average molecular weight is 429 g/mol. The molecule has 2 N–H and O–H groups in total. The number of hydrogen-bond donors (Lipinski definition) is 2. The third-order valence-corrected chi connectivity index (χ3v) is 6.29. The summed E-state index contributed by atoms with van der Waals surface area (Å²) in [7, 11) is 1.74. The van der Waals surface area contributed by atoms with E-state index in [9.17, 15) is 4.79 Å². The minimum Gasteiger partial charge on any atom is -0.374 e. The van der Waals surface area contributed by atoms with Crippen LogP contribution in [0, 0.1) is 0 Å². The minimum absolute atomic E-state index is 0.0922. The highest BCUT2D eigenvalue weighted by Crippen LogP contribution is 2.24. The number of carbonyl (C=O) groups excluding carboxylic acids is 1. The van der Waals surface area contributed by atoms with Crippen molar-refractivity contribution >= 4 is 23.2 Å². The lowest BCUT2D eigenvalue weighted by Gasteiger charge is -2.27. The lowest BCUT2D eigenvalue weighted by Crippen LogP contribution is -2.41. The Balaban J connectivity index is 1.27. The van der Waals surface area contributed by atoms with E-state index in [1.165, 1.54) is 16.0 Å².